The molecule has 4 rings (SSSR count). The number of fused-ring (bicyclic) bond motifs is 2. The fourth-order valence-corrected chi connectivity index (χ4v) is 3.26. The first-order chi connectivity index (χ1) is 9.40. The average Bonchev–Trinajstić information content (AvgIpc) is 3.11. The van der Waals surface area contributed by atoms with Gasteiger partial charge < -0.3 is 10.2 Å². The Morgan fingerprint density at radius 3 is 2.63 bits per heavy atom. The van der Waals surface area contributed by atoms with Crippen molar-refractivity contribution in [3.05, 3.63) is 48.8 Å². The Kier molecular flexibility index (Phi) is 2.52. The van der Waals surface area contributed by atoms with Crippen LogP contribution >= 0.6 is 0 Å². The van der Waals surface area contributed by atoms with Gasteiger partial charge in [0.1, 0.15) is 0 Å². The van der Waals surface area contributed by atoms with E-state index in [4.69, 9.17) is 0 Å². The SMILES string of the molecule is c1cncc(-c2ccc(N3CC4CC3CN4)cc2)c1. The maximum absolute atomic E-state index is 4.17. The fraction of sp³-hybridized carbons (Fsp3) is 0.312. The summed E-state index contributed by atoms with van der Waals surface area (Å²) < 4.78 is 0. The molecule has 96 valence electrons. The number of piperazine rings is 1. The van der Waals surface area contributed by atoms with Crippen LogP contribution in [0.1, 0.15) is 6.42 Å². The van der Waals surface area contributed by atoms with Gasteiger partial charge in [0, 0.05) is 43.3 Å². The third-order valence-electron chi connectivity index (χ3n) is 4.25. The van der Waals surface area contributed by atoms with E-state index in [1.54, 1.807) is 0 Å². The first-order valence-corrected chi connectivity index (χ1v) is 6.91. The zero-order valence-electron chi connectivity index (χ0n) is 10.8. The molecule has 2 atom stereocenters. The van der Waals surface area contributed by atoms with E-state index >= 15 is 0 Å². The average molecular weight is 251 g/mol. The topological polar surface area (TPSA) is 28.2 Å². The molecule has 1 N–H and O–H groups in total. The van der Waals surface area contributed by atoms with Gasteiger partial charge in [-0.05, 0) is 35.7 Å². The minimum absolute atomic E-state index is 0.689. The van der Waals surface area contributed by atoms with Gasteiger partial charge in [-0.15, -0.1) is 0 Å². The number of aromatic nitrogens is 1. The van der Waals surface area contributed by atoms with Crippen LogP contribution < -0.4 is 10.2 Å². The van der Waals surface area contributed by atoms with Gasteiger partial charge in [0.15, 0.2) is 0 Å². The van der Waals surface area contributed by atoms with Crippen molar-refractivity contribution in [2.75, 3.05) is 18.0 Å². The Morgan fingerprint density at radius 2 is 2.00 bits per heavy atom. The summed E-state index contributed by atoms with van der Waals surface area (Å²) in [5.74, 6) is 0. The number of nitrogens with one attached hydrogen (secondary N) is 1. The van der Waals surface area contributed by atoms with Crippen LogP contribution in [0.25, 0.3) is 11.1 Å². The molecule has 2 fully saturated rings. The van der Waals surface area contributed by atoms with E-state index in [9.17, 15) is 0 Å². The summed E-state index contributed by atoms with van der Waals surface area (Å²) >= 11 is 0. The van der Waals surface area contributed by atoms with Crippen molar-refractivity contribution in [2.45, 2.75) is 18.5 Å². The molecule has 3 nitrogen and oxygen atoms in total. The maximum atomic E-state index is 4.17. The molecule has 2 unspecified atom stereocenters. The first-order valence-electron chi connectivity index (χ1n) is 6.91. The Hall–Kier alpha value is -1.87. The molecule has 0 spiro atoms. The lowest BCUT2D eigenvalue weighted by Gasteiger charge is -2.29. The Bertz CT molecular complexity index is 564. The van der Waals surface area contributed by atoms with Gasteiger partial charge in [-0.3, -0.25) is 4.98 Å². The predicted molar refractivity (Wildman–Crippen MR) is 77.2 cm³/mol. The molecule has 2 aliphatic rings. The molecule has 0 radical (unpaired) electrons. The summed E-state index contributed by atoms with van der Waals surface area (Å²) in [6.07, 6.45) is 5.02. The smallest absolute Gasteiger partial charge is 0.0430 e. The quantitative estimate of drug-likeness (QED) is 0.887. The number of rotatable bonds is 2. The van der Waals surface area contributed by atoms with Crippen molar-refractivity contribution in [1.82, 2.24) is 10.3 Å². The zero-order chi connectivity index (χ0) is 12.7. The molecule has 0 amide bonds. The van der Waals surface area contributed by atoms with Crippen LogP contribution in [0.15, 0.2) is 48.8 Å². The van der Waals surface area contributed by atoms with Crippen LogP contribution in [0.2, 0.25) is 0 Å². The molecule has 1 aromatic heterocycles. The van der Waals surface area contributed by atoms with Gasteiger partial charge in [-0.2, -0.15) is 0 Å². The second-order valence-electron chi connectivity index (χ2n) is 5.44. The van der Waals surface area contributed by atoms with Crippen LogP contribution in [0, 0.1) is 0 Å². The molecule has 0 saturated carbocycles. The highest BCUT2D eigenvalue weighted by atomic mass is 15.3. The molecule has 2 bridgehead atoms. The summed E-state index contributed by atoms with van der Waals surface area (Å²) in [6.45, 7) is 2.28. The third-order valence-corrected chi connectivity index (χ3v) is 4.25. The van der Waals surface area contributed by atoms with E-state index in [0.29, 0.717) is 12.1 Å². The number of hydrogen-bond donors (Lipinski definition) is 1. The number of benzene rings is 1. The highest BCUT2D eigenvalue weighted by molar-refractivity contribution is 5.66. The van der Waals surface area contributed by atoms with Gasteiger partial charge in [-0.1, -0.05) is 18.2 Å². The molecule has 3 heterocycles. The predicted octanol–water partition coefficient (Wildman–Crippen LogP) is 2.30. The van der Waals surface area contributed by atoms with Crippen molar-refractivity contribution in [3.8, 4) is 11.1 Å². The van der Waals surface area contributed by atoms with E-state index in [1.165, 1.54) is 23.2 Å². The lowest BCUT2D eigenvalue weighted by Crippen LogP contribution is -2.43. The standard InChI is InChI=1S/C16H17N3/c1-2-13(9-17-7-1)12-3-5-15(6-4-12)19-11-14-8-16(19)10-18-14/h1-7,9,14,16,18H,8,10-11H2. The summed E-state index contributed by atoms with van der Waals surface area (Å²) in [5, 5.41) is 3.54. The molecule has 1 aromatic carbocycles. The normalized spacial score (nSPS) is 24.9. The van der Waals surface area contributed by atoms with E-state index in [1.807, 2.05) is 18.5 Å². The summed E-state index contributed by atoms with van der Waals surface area (Å²) in [7, 11) is 0. The van der Waals surface area contributed by atoms with E-state index < -0.39 is 0 Å². The largest absolute Gasteiger partial charge is 0.366 e. The van der Waals surface area contributed by atoms with Crippen molar-refractivity contribution < 1.29 is 0 Å². The maximum Gasteiger partial charge on any atom is 0.0430 e. The van der Waals surface area contributed by atoms with Gasteiger partial charge >= 0.3 is 0 Å². The molecular formula is C16H17N3. The van der Waals surface area contributed by atoms with Crippen LogP contribution in [-0.4, -0.2) is 30.2 Å². The number of pyridine rings is 1. The highest BCUT2D eigenvalue weighted by Crippen LogP contribution is 2.30. The molecule has 2 saturated heterocycles. The van der Waals surface area contributed by atoms with E-state index in [0.717, 1.165) is 13.1 Å². The zero-order valence-corrected chi connectivity index (χ0v) is 10.8. The monoisotopic (exact) mass is 251 g/mol. The van der Waals surface area contributed by atoms with Crippen molar-refractivity contribution in [2.24, 2.45) is 0 Å². The Morgan fingerprint density at radius 1 is 1.11 bits per heavy atom. The van der Waals surface area contributed by atoms with Crippen molar-refractivity contribution in [3.63, 3.8) is 0 Å². The molecule has 2 aromatic rings. The summed E-state index contributed by atoms with van der Waals surface area (Å²) in [4.78, 5) is 6.71. The Labute approximate surface area is 113 Å². The first kappa shape index (κ1) is 11.0. The highest BCUT2D eigenvalue weighted by Gasteiger charge is 2.37. The van der Waals surface area contributed by atoms with Gasteiger partial charge in [0.05, 0.1) is 0 Å². The summed E-state index contributed by atoms with van der Waals surface area (Å²) in [5.41, 5.74) is 3.76. The van der Waals surface area contributed by atoms with Gasteiger partial charge in [0.25, 0.3) is 0 Å². The third kappa shape index (κ3) is 1.90. The van der Waals surface area contributed by atoms with Crippen LogP contribution in [0.4, 0.5) is 5.69 Å². The van der Waals surface area contributed by atoms with Gasteiger partial charge in [-0.25, -0.2) is 0 Å². The van der Waals surface area contributed by atoms with Gasteiger partial charge in [0.2, 0.25) is 0 Å². The van der Waals surface area contributed by atoms with Crippen molar-refractivity contribution in [1.29, 1.82) is 0 Å². The Balaban J connectivity index is 1.60. The lowest BCUT2D eigenvalue weighted by atomic mass is 10.1. The molecular weight excluding hydrogens is 234 g/mol. The molecule has 2 aliphatic heterocycles. The number of anilines is 1. The number of hydrogen-bond acceptors (Lipinski definition) is 3. The second-order valence-corrected chi connectivity index (χ2v) is 5.44. The van der Waals surface area contributed by atoms with Crippen LogP contribution in [0.5, 0.6) is 0 Å². The summed E-state index contributed by atoms with van der Waals surface area (Å²) in [6, 6.07) is 14.3. The van der Waals surface area contributed by atoms with Crippen LogP contribution in [-0.2, 0) is 0 Å². The second kappa shape index (κ2) is 4.35. The lowest BCUT2D eigenvalue weighted by molar-refractivity contribution is 0.580. The minimum atomic E-state index is 0.689. The number of nitrogens with zero attached hydrogens (tertiary/aromatic N) is 2. The fourth-order valence-electron chi connectivity index (χ4n) is 3.26. The molecule has 3 heteroatoms. The van der Waals surface area contributed by atoms with E-state index in [2.05, 4.69) is 45.5 Å². The minimum Gasteiger partial charge on any atom is -0.366 e. The van der Waals surface area contributed by atoms with Crippen molar-refractivity contribution >= 4 is 5.69 Å². The van der Waals surface area contributed by atoms with E-state index in [-0.39, 0.29) is 0 Å². The molecule has 0 aliphatic carbocycles. The van der Waals surface area contributed by atoms with Crippen LogP contribution in [0.3, 0.4) is 0 Å². The molecule has 19 heavy (non-hydrogen) atoms.